The molecule has 4 rings (SSSR count). The highest BCUT2D eigenvalue weighted by atomic mass is 16.1. The smallest absolute Gasteiger partial charge is 0.209 e. The number of amides is 1. The second kappa shape index (κ2) is 8.29. The summed E-state index contributed by atoms with van der Waals surface area (Å²) in [5, 5.41) is 5.00. The van der Waals surface area contributed by atoms with Gasteiger partial charge in [0.15, 0.2) is 0 Å². The maximum Gasteiger partial charge on any atom is 0.209 e. The molecule has 156 valence electrons. The van der Waals surface area contributed by atoms with Gasteiger partial charge in [-0.1, -0.05) is 26.3 Å². The van der Waals surface area contributed by atoms with Gasteiger partial charge in [0, 0.05) is 54.0 Å². The molecule has 3 heterocycles. The molecule has 1 saturated carbocycles. The molecule has 2 aromatic rings. The summed E-state index contributed by atoms with van der Waals surface area (Å²) < 4.78 is 2.21. The van der Waals surface area contributed by atoms with Gasteiger partial charge in [-0.2, -0.15) is 5.10 Å². The summed E-state index contributed by atoms with van der Waals surface area (Å²) in [5.74, 6) is 1.52. The molecule has 0 aromatic carbocycles. The van der Waals surface area contributed by atoms with Gasteiger partial charge in [0.25, 0.3) is 0 Å². The first-order chi connectivity index (χ1) is 14.0. The molecular weight excluding hydrogens is 360 g/mol. The lowest BCUT2D eigenvalue weighted by Gasteiger charge is -2.23. The summed E-state index contributed by atoms with van der Waals surface area (Å²) in [6.07, 6.45) is 5.89. The molecule has 2 aromatic heterocycles. The first-order valence-corrected chi connectivity index (χ1v) is 11.3. The fourth-order valence-electron chi connectivity index (χ4n) is 4.70. The summed E-state index contributed by atoms with van der Waals surface area (Å²) in [6, 6.07) is 9.04. The Hall–Kier alpha value is -2.17. The van der Waals surface area contributed by atoms with Crippen LogP contribution in [0.25, 0.3) is 0 Å². The van der Waals surface area contributed by atoms with Crippen LogP contribution in [0.5, 0.6) is 0 Å². The third-order valence-electron chi connectivity index (χ3n) is 6.96. The molecule has 5 heteroatoms. The zero-order chi connectivity index (χ0) is 20.5. The molecule has 1 aliphatic heterocycles. The van der Waals surface area contributed by atoms with Crippen molar-refractivity contribution in [2.24, 2.45) is 0 Å². The van der Waals surface area contributed by atoms with E-state index in [9.17, 15) is 4.79 Å². The van der Waals surface area contributed by atoms with Crippen molar-refractivity contribution in [3.8, 4) is 0 Å². The highest BCUT2D eigenvalue weighted by Crippen LogP contribution is 2.42. The SMILES string of the molecule is CCC(C)c1cccc(C2CN(C=O)CC2c2cc(C3CCC3)nn2C(C)C)n1. The molecule has 2 aliphatic rings. The molecule has 3 unspecified atom stereocenters. The van der Waals surface area contributed by atoms with E-state index in [0.29, 0.717) is 17.9 Å². The lowest BCUT2D eigenvalue weighted by Crippen LogP contribution is -2.19. The summed E-state index contributed by atoms with van der Waals surface area (Å²) in [4.78, 5) is 18.6. The van der Waals surface area contributed by atoms with Gasteiger partial charge in [-0.25, -0.2) is 0 Å². The Morgan fingerprint density at radius 3 is 2.52 bits per heavy atom. The van der Waals surface area contributed by atoms with Crippen molar-refractivity contribution in [1.29, 1.82) is 0 Å². The number of aromatic nitrogens is 3. The van der Waals surface area contributed by atoms with Crippen molar-refractivity contribution in [3.63, 3.8) is 0 Å². The van der Waals surface area contributed by atoms with Gasteiger partial charge in [0.1, 0.15) is 0 Å². The maximum atomic E-state index is 11.7. The van der Waals surface area contributed by atoms with Crippen LogP contribution in [0.3, 0.4) is 0 Å². The van der Waals surface area contributed by atoms with E-state index in [2.05, 4.69) is 56.6 Å². The number of hydrogen-bond donors (Lipinski definition) is 0. The van der Waals surface area contributed by atoms with Gasteiger partial charge in [0.05, 0.1) is 5.69 Å². The summed E-state index contributed by atoms with van der Waals surface area (Å²) >= 11 is 0. The Balaban J connectivity index is 1.72. The predicted molar refractivity (Wildman–Crippen MR) is 115 cm³/mol. The van der Waals surface area contributed by atoms with E-state index in [-0.39, 0.29) is 11.8 Å². The Labute approximate surface area is 174 Å². The number of pyridine rings is 1. The Morgan fingerprint density at radius 1 is 1.14 bits per heavy atom. The van der Waals surface area contributed by atoms with Crippen molar-refractivity contribution in [1.82, 2.24) is 19.7 Å². The zero-order valence-electron chi connectivity index (χ0n) is 18.2. The minimum absolute atomic E-state index is 0.215. The maximum absolute atomic E-state index is 11.7. The highest BCUT2D eigenvalue weighted by molar-refractivity contribution is 5.49. The predicted octanol–water partition coefficient (Wildman–Crippen LogP) is 4.98. The van der Waals surface area contributed by atoms with Crippen LogP contribution in [-0.4, -0.2) is 39.2 Å². The van der Waals surface area contributed by atoms with Crippen molar-refractivity contribution in [3.05, 3.63) is 47.0 Å². The molecule has 0 bridgehead atoms. The number of rotatable bonds is 7. The molecule has 5 nitrogen and oxygen atoms in total. The average Bonchev–Trinajstić information content (AvgIpc) is 3.30. The van der Waals surface area contributed by atoms with Gasteiger partial charge < -0.3 is 4.90 Å². The van der Waals surface area contributed by atoms with E-state index in [1.54, 1.807) is 0 Å². The normalized spacial score (nSPS) is 23.4. The second-order valence-electron chi connectivity index (χ2n) is 9.23. The molecule has 3 atom stereocenters. The van der Waals surface area contributed by atoms with Crippen LogP contribution in [0.1, 0.15) is 106 Å². The van der Waals surface area contributed by atoms with E-state index < -0.39 is 0 Å². The first-order valence-electron chi connectivity index (χ1n) is 11.3. The monoisotopic (exact) mass is 394 g/mol. The van der Waals surface area contributed by atoms with Crippen LogP contribution in [0.15, 0.2) is 24.3 Å². The molecule has 2 fully saturated rings. The quantitative estimate of drug-likeness (QED) is 0.622. The molecule has 1 amide bonds. The topological polar surface area (TPSA) is 51.0 Å². The molecule has 1 aliphatic carbocycles. The number of carbonyl (C=O) groups excluding carboxylic acids is 1. The van der Waals surface area contributed by atoms with E-state index in [4.69, 9.17) is 10.1 Å². The Kier molecular flexibility index (Phi) is 5.75. The minimum Gasteiger partial charge on any atom is -0.344 e. The van der Waals surface area contributed by atoms with Crippen molar-refractivity contribution in [2.75, 3.05) is 13.1 Å². The fraction of sp³-hybridized carbons (Fsp3) is 0.625. The fourth-order valence-corrected chi connectivity index (χ4v) is 4.70. The van der Waals surface area contributed by atoms with Crippen LogP contribution in [0, 0.1) is 0 Å². The van der Waals surface area contributed by atoms with Gasteiger partial charge in [-0.15, -0.1) is 0 Å². The molecular formula is C24H34N4O. The van der Waals surface area contributed by atoms with Crippen molar-refractivity contribution < 1.29 is 4.79 Å². The van der Waals surface area contributed by atoms with E-state index in [1.165, 1.54) is 30.7 Å². The van der Waals surface area contributed by atoms with E-state index in [1.807, 2.05) is 4.90 Å². The van der Waals surface area contributed by atoms with Crippen LogP contribution >= 0.6 is 0 Å². The zero-order valence-corrected chi connectivity index (χ0v) is 18.2. The molecule has 1 saturated heterocycles. The summed E-state index contributed by atoms with van der Waals surface area (Å²) in [6.45, 7) is 10.3. The molecule has 0 spiro atoms. The first kappa shape index (κ1) is 20.1. The van der Waals surface area contributed by atoms with E-state index in [0.717, 1.165) is 37.3 Å². The van der Waals surface area contributed by atoms with Gasteiger partial charge in [0.2, 0.25) is 6.41 Å². The number of nitrogens with zero attached hydrogens (tertiary/aromatic N) is 4. The molecule has 29 heavy (non-hydrogen) atoms. The van der Waals surface area contributed by atoms with Gasteiger partial charge >= 0.3 is 0 Å². The molecule has 0 radical (unpaired) electrons. The van der Waals surface area contributed by atoms with Gasteiger partial charge in [-0.05, 0) is 57.2 Å². The number of hydrogen-bond acceptors (Lipinski definition) is 3. The number of carbonyl (C=O) groups is 1. The summed E-state index contributed by atoms with van der Waals surface area (Å²) in [7, 11) is 0. The largest absolute Gasteiger partial charge is 0.344 e. The summed E-state index contributed by atoms with van der Waals surface area (Å²) in [5.41, 5.74) is 4.77. The van der Waals surface area contributed by atoms with Crippen LogP contribution in [0.2, 0.25) is 0 Å². The van der Waals surface area contributed by atoms with Crippen LogP contribution in [-0.2, 0) is 4.79 Å². The highest BCUT2D eigenvalue weighted by Gasteiger charge is 2.38. The lowest BCUT2D eigenvalue weighted by molar-refractivity contribution is -0.117. The van der Waals surface area contributed by atoms with Crippen LogP contribution in [0.4, 0.5) is 0 Å². The molecule has 0 N–H and O–H groups in total. The van der Waals surface area contributed by atoms with Gasteiger partial charge in [-0.3, -0.25) is 14.5 Å². The van der Waals surface area contributed by atoms with Crippen molar-refractivity contribution >= 4 is 6.41 Å². The third kappa shape index (κ3) is 3.84. The second-order valence-corrected chi connectivity index (χ2v) is 9.23. The third-order valence-corrected chi connectivity index (χ3v) is 6.96. The van der Waals surface area contributed by atoms with E-state index >= 15 is 0 Å². The lowest BCUT2D eigenvalue weighted by atomic mass is 9.82. The standard InChI is InChI=1S/C24H34N4O/c1-5-17(4)21-10-7-11-22(25-21)19-13-27(15-29)14-20(19)24-12-23(18-8-6-9-18)26-28(24)16(2)3/h7,10-12,15-20H,5-6,8-9,13-14H2,1-4H3. The van der Waals surface area contributed by atoms with Crippen LogP contribution < -0.4 is 0 Å². The average molecular weight is 395 g/mol. The Bertz CT molecular complexity index is 854. The number of likely N-dealkylation sites (tertiary alicyclic amines) is 1. The van der Waals surface area contributed by atoms with Crippen molar-refractivity contribution in [2.45, 2.75) is 83.1 Å². The minimum atomic E-state index is 0.215. The Morgan fingerprint density at radius 2 is 1.90 bits per heavy atom.